The summed E-state index contributed by atoms with van der Waals surface area (Å²) >= 11 is 2.58. The first kappa shape index (κ1) is 44.5. The van der Waals surface area contributed by atoms with E-state index in [1.54, 1.807) is 24.3 Å². The van der Waals surface area contributed by atoms with Crippen LogP contribution in [0, 0.1) is 23.0 Å². The number of aromatic nitrogens is 4. The number of hydrogen-bond donors (Lipinski definition) is 0. The Labute approximate surface area is 360 Å². The van der Waals surface area contributed by atoms with E-state index in [4.69, 9.17) is 5.26 Å². The Morgan fingerprint density at radius 2 is 0.952 bits per heavy atom. The lowest BCUT2D eigenvalue weighted by Crippen LogP contribution is -2.47. The highest BCUT2D eigenvalue weighted by Gasteiger charge is 2.31. The van der Waals surface area contributed by atoms with Gasteiger partial charge in [-0.05, 0) is 90.7 Å². The van der Waals surface area contributed by atoms with Crippen LogP contribution in [0.25, 0.3) is 22.8 Å². The number of piperazine rings is 2. The van der Waals surface area contributed by atoms with Crippen LogP contribution in [0.15, 0.2) is 91.0 Å². The smallest absolute Gasteiger partial charge is 0.344 e. The van der Waals surface area contributed by atoms with E-state index in [1.165, 1.54) is 41.3 Å². The fourth-order valence-electron chi connectivity index (χ4n) is 6.87. The first-order valence-corrected chi connectivity index (χ1v) is 21.2. The molecule has 6 aromatic rings. The maximum absolute atomic E-state index is 13.4. The molecule has 2 fully saturated rings. The molecular formula is C43H39F8N9S2. The highest BCUT2D eigenvalue weighted by Crippen LogP contribution is 2.31. The van der Waals surface area contributed by atoms with Gasteiger partial charge < -0.3 is 9.80 Å². The Kier molecular flexibility index (Phi) is 14.1. The minimum atomic E-state index is -4.32. The van der Waals surface area contributed by atoms with Gasteiger partial charge in [0.1, 0.15) is 0 Å². The summed E-state index contributed by atoms with van der Waals surface area (Å²) in [4.78, 5) is 18.0. The molecule has 0 radical (unpaired) electrons. The lowest BCUT2D eigenvalue weighted by Gasteiger charge is -2.34. The zero-order chi connectivity index (χ0) is 43.9. The van der Waals surface area contributed by atoms with Gasteiger partial charge in [-0.25, -0.2) is 8.78 Å². The van der Waals surface area contributed by atoms with Gasteiger partial charge in [0.2, 0.25) is 10.3 Å². The number of benzene rings is 4. The molecule has 2 aliphatic heterocycles. The van der Waals surface area contributed by atoms with Gasteiger partial charge in [0.25, 0.3) is 0 Å². The van der Waals surface area contributed by atoms with Crippen molar-refractivity contribution in [2.45, 2.75) is 25.2 Å². The first-order chi connectivity index (χ1) is 29.7. The number of nitriles is 1. The standard InChI is InChI=1S/C22H20F3N5S.C21H19F5N4S/c23-22(24,25)19-7-3-16(4-8-19)9-10-29-11-13-30(14-12-29)21-27-20(28-31-21)18-5-1-17(15-26)2-6-18;22-17-6-3-15(13-18(17)23)19-27-20(31-28-19)30-11-9-29(10-12-30)8-7-14-1-4-16(5-2-14)21(24,25)26/h1-8H,9-14H2;1-6,13H,7-12H2. The molecule has 0 atom stereocenters. The van der Waals surface area contributed by atoms with Gasteiger partial charge >= 0.3 is 12.4 Å². The van der Waals surface area contributed by atoms with Crippen LogP contribution < -0.4 is 9.80 Å². The van der Waals surface area contributed by atoms with E-state index in [0.717, 1.165) is 135 Å². The molecule has 0 amide bonds. The van der Waals surface area contributed by atoms with Crippen molar-refractivity contribution in [3.63, 3.8) is 0 Å². The number of nitrogens with zero attached hydrogens (tertiary/aromatic N) is 9. The lowest BCUT2D eigenvalue weighted by molar-refractivity contribution is -0.138. The number of hydrogen-bond acceptors (Lipinski definition) is 11. The minimum absolute atomic E-state index is 0.364. The molecule has 0 unspecified atom stereocenters. The minimum Gasteiger partial charge on any atom is -0.344 e. The average Bonchev–Trinajstić information content (AvgIpc) is 3.98. The Morgan fingerprint density at radius 1 is 0.532 bits per heavy atom. The molecule has 0 aliphatic carbocycles. The van der Waals surface area contributed by atoms with E-state index in [-0.39, 0.29) is 0 Å². The SMILES string of the molecule is Fc1ccc(-c2nsc(N3CCN(CCc4ccc(C(F)(F)F)cc4)CC3)n2)cc1F.N#Cc1ccc(-c2nsc(N3CCN(CCc4ccc(C(F)(F)F)cc4)CC3)n2)cc1. The monoisotopic (exact) mass is 897 g/mol. The molecule has 9 nitrogen and oxygen atoms in total. The molecule has 0 bridgehead atoms. The Bertz CT molecular complexity index is 2410. The van der Waals surface area contributed by atoms with Crippen molar-refractivity contribution >= 4 is 33.3 Å². The summed E-state index contributed by atoms with van der Waals surface area (Å²) in [6, 6.07) is 23.6. The van der Waals surface area contributed by atoms with Crippen LogP contribution in [-0.2, 0) is 25.2 Å². The van der Waals surface area contributed by atoms with Crippen molar-refractivity contribution in [1.82, 2.24) is 28.5 Å². The zero-order valence-electron chi connectivity index (χ0n) is 33.0. The second-order valence-corrected chi connectivity index (χ2v) is 16.1. The number of rotatable bonds is 10. The third-order valence-electron chi connectivity index (χ3n) is 10.6. The summed E-state index contributed by atoms with van der Waals surface area (Å²) in [5.41, 5.74) is 2.45. The topological polar surface area (TPSA) is 88.3 Å². The van der Waals surface area contributed by atoms with Crippen molar-refractivity contribution in [3.8, 4) is 28.8 Å². The predicted molar refractivity (Wildman–Crippen MR) is 223 cm³/mol. The zero-order valence-corrected chi connectivity index (χ0v) is 34.6. The van der Waals surface area contributed by atoms with Crippen molar-refractivity contribution in [2.24, 2.45) is 0 Å². The van der Waals surface area contributed by atoms with E-state index in [0.29, 0.717) is 29.2 Å². The van der Waals surface area contributed by atoms with Gasteiger partial charge in [0.15, 0.2) is 23.3 Å². The van der Waals surface area contributed by atoms with Crippen LogP contribution in [0.5, 0.6) is 0 Å². The lowest BCUT2D eigenvalue weighted by atomic mass is 10.1. The van der Waals surface area contributed by atoms with Gasteiger partial charge in [0, 0.05) is 99.6 Å². The summed E-state index contributed by atoms with van der Waals surface area (Å²) in [7, 11) is 0. The van der Waals surface area contributed by atoms with Crippen LogP contribution >= 0.6 is 23.1 Å². The summed E-state index contributed by atoms with van der Waals surface area (Å²) in [6.07, 6.45) is -7.21. The second-order valence-electron chi connectivity index (χ2n) is 14.7. The normalized spacial score (nSPS) is 15.3. The highest BCUT2D eigenvalue weighted by atomic mass is 32.1. The van der Waals surface area contributed by atoms with Crippen LogP contribution in [0.2, 0.25) is 0 Å². The van der Waals surface area contributed by atoms with Crippen molar-refractivity contribution in [2.75, 3.05) is 75.2 Å². The summed E-state index contributed by atoms with van der Waals surface area (Å²) in [5.74, 6) is -0.819. The molecule has 324 valence electrons. The van der Waals surface area contributed by atoms with Gasteiger partial charge in [-0.1, -0.05) is 24.3 Å². The van der Waals surface area contributed by atoms with Crippen molar-refractivity contribution < 1.29 is 35.1 Å². The summed E-state index contributed by atoms with van der Waals surface area (Å²) < 4.78 is 111. The molecular weight excluding hydrogens is 859 g/mol. The fraction of sp³-hybridized carbons (Fsp3) is 0.326. The van der Waals surface area contributed by atoms with Crippen molar-refractivity contribution in [1.29, 1.82) is 5.26 Å². The Balaban J connectivity index is 0.000000186. The number of halogens is 8. The van der Waals surface area contributed by atoms with E-state index in [1.807, 2.05) is 12.1 Å². The molecule has 8 rings (SSSR count). The van der Waals surface area contributed by atoms with E-state index in [9.17, 15) is 35.1 Å². The third kappa shape index (κ3) is 11.7. The molecule has 2 aliphatic rings. The Morgan fingerprint density at radius 3 is 1.35 bits per heavy atom. The molecule has 4 aromatic carbocycles. The van der Waals surface area contributed by atoms with Gasteiger partial charge in [-0.3, -0.25) is 9.80 Å². The predicted octanol–water partition coefficient (Wildman–Crippen LogP) is 9.33. The summed E-state index contributed by atoms with van der Waals surface area (Å²) in [6.45, 7) is 8.02. The van der Waals surface area contributed by atoms with Gasteiger partial charge in [0.05, 0.1) is 22.8 Å². The highest BCUT2D eigenvalue weighted by molar-refractivity contribution is 7.10. The maximum Gasteiger partial charge on any atom is 0.416 e. The molecule has 2 saturated heterocycles. The Hall–Kier alpha value is -5.55. The summed E-state index contributed by atoms with van der Waals surface area (Å²) in [5, 5.41) is 10.5. The maximum atomic E-state index is 13.4. The van der Waals surface area contributed by atoms with Crippen LogP contribution in [0.4, 0.5) is 45.4 Å². The van der Waals surface area contributed by atoms with E-state index in [2.05, 4.69) is 44.4 Å². The first-order valence-electron chi connectivity index (χ1n) is 19.6. The molecule has 62 heavy (non-hydrogen) atoms. The average molecular weight is 898 g/mol. The van der Waals surface area contributed by atoms with Crippen molar-refractivity contribution in [3.05, 3.63) is 130 Å². The van der Waals surface area contributed by atoms with Gasteiger partial charge in [-0.15, -0.1) is 0 Å². The molecule has 0 N–H and O–H groups in total. The van der Waals surface area contributed by atoms with Crippen LogP contribution in [0.1, 0.15) is 27.8 Å². The molecule has 2 aromatic heterocycles. The fourth-order valence-corrected chi connectivity index (χ4v) is 8.35. The van der Waals surface area contributed by atoms with Crippen LogP contribution in [-0.4, -0.2) is 94.0 Å². The molecule has 4 heterocycles. The van der Waals surface area contributed by atoms with E-state index < -0.39 is 35.1 Å². The van der Waals surface area contributed by atoms with E-state index >= 15 is 0 Å². The quantitative estimate of drug-likeness (QED) is 0.125. The molecule has 0 spiro atoms. The van der Waals surface area contributed by atoms with Crippen LogP contribution in [0.3, 0.4) is 0 Å². The number of anilines is 2. The molecule has 0 saturated carbocycles. The van der Waals surface area contributed by atoms with Gasteiger partial charge in [-0.2, -0.15) is 50.3 Å². The third-order valence-corrected chi connectivity index (χ3v) is 12.1. The second kappa shape index (κ2) is 19.7. The number of alkyl halides is 6. The largest absolute Gasteiger partial charge is 0.416 e. The molecule has 19 heteroatoms.